The molecule has 3 unspecified atom stereocenters. The number of ether oxygens (including phenoxy) is 1. The molecule has 1 heterocycles. The smallest absolute Gasteiger partial charge is 0.339 e. The van der Waals surface area contributed by atoms with Gasteiger partial charge in [0.1, 0.15) is 0 Å². The molecule has 0 aromatic carbocycles. The highest BCUT2D eigenvalue weighted by atomic mass is 16.5. The first-order valence-electron chi connectivity index (χ1n) is 6.89. The molecule has 1 aromatic heterocycles. The highest BCUT2D eigenvalue weighted by Gasteiger charge is 2.29. The molecule has 1 aromatic rings. The lowest BCUT2D eigenvalue weighted by atomic mass is 9.98. The van der Waals surface area contributed by atoms with E-state index in [0.29, 0.717) is 24.1 Å². The third-order valence-corrected chi connectivity index (χ3v) is 4.29. The second-order valence-corrected chi connectivity index (χ2v) is 5.39. The summed E-state index contributed by atoms with van der Waals surface area (Å²) in [4.78, 5) is 15.9. The molecule has 0 bridgehead atoms. The summed E-state index contributed by atoms with van der Waals surface area (Å²) in [5, 5.41) is 3.53. The number of nitrogens with zero attached hydrogens (tertiary/aromatic N) is 1. The summed E-state index contributed by atoms with van der Waals surface area (Å²) < 4.78 is 4.78. The quantitative estimate of drug-likeness (QED) is 0.847. The van der Waals surface area contributed by atoms with Crippen LogP contribution < -0.4 is 5.32 Å². The number of pyridine rings is 1. The number of nitrogens with one attached hydrogen (secondary N) is 1. The number of carbonyl (C=O) groups excluding carboxylic acids is 1. The fourth-order valence-electron chi connectivity index (χ4n) is 2.76. The minimum absolute atomic E-state index is 0.322. The van der Waals surface area contributed by atoms with Gasteiger partial charge in [0.15, 0.2) is 0 Å². The Bertz CT molecular complexity index is 448. The Balaban J connectivity index is 2.02. The fraction of sp³-hybridized carbons (Fsp3) is 0.600. The highest BCUT2D eigenvalue weighted by molar-refractivity contribution is 5.90. The Labute approximate surface area is 114 Å². The van der Waals surface area contributed by atoms with E-state index in [9.17, 15) is 4.79 Å². The second-order valence-electron chi connectivity index (χ2n) is 5.39. The highest BCUT2D eigenvalue weighted by Crippen LogP contribution is 2.31. The molecular weight excluding hydrogens is 240 g/mol. The van der Waals surface area contributed by atoms with Gasteiger partial charge < -0.3 is 10.1 Å². The van der Waals surface area contributed by atoms with Crippen LogP contribution in [-0.2, 0) is 11.3 Å². The molecule has 0 saturated heterocycles. The van der Waals surface area contributed by atoms with Crippen LogP contribution >= 0.6 is 0 Å². The molecule has 2 rings (SSSR count). The predicted octanol–water partition coefficient (Wildman–Crippen LogP) is 2.39. The van der Waals surface area contributed by atoms with E-state index in [1.54, 1.807) is 18.3 Å². The molecule has 104 valence electrons. The standard InChI is InChI=1S/C15H22N2O2/c1-10-6-7-13(11(10)2)17-9-14-12(15(18)19-3)5-4-8-16-14/h4-5,8,10-11,13,17H,6-7,9H2,1-3H3. The summed E-state index contributed by atoms with van der Waals surface area (Å²) in [6.07, 6.45) is 4.18. The lowest BCUT2D eigenvalue weighted by Gasteiger charge is -2.20. The van der Waals surface area contributed by atoms with Crippen LogP contribution in [0.5, 0.6) is 0 Å². The van der Waals surface area contributed by atoms with E-state index in [4.69, 9.17) is 4.74 Å². The van der Waals surface area contributed by atoms with Crippen molar-refractivity contribution in [2.45, 2.75) is 39.3 Å². The Kier molecular flexibility index (Phi) is 4.53. The van der Waals surface area contributed by atoms with Crippen LogP contribution in [0.3, 0.4) is 0 Å². The average molecular weight is 262 g/mol. The van der Waals surface area contributed by atoms with Gasteiger partial charge in [-0.1, -0.05) is 13.8 Å². The van der Waals surface area contributed by atoms with Crippen molar-refractivity contribution in [2.75, 3.05) is 7.11 Å². The minimum atomic E-state index is -0.322. The number of carbonyl (C=O) groups is 1. The monoisotopic (exact) mass is 262 g/mol. The second kappa shape index (κ2) is 6.15. The van der Waals surface area contributed by atoms with Gasteiger partial charge in [-0.25, -0.2) is 4.79 Å². The summed E-state index contributed by atoms with van der Waals surface area (Å²) >= 11 is 0. The Morgan fingerprint density at radius 2 is 2.26 bits per heavy atom. The van der Waals surface area contributed by atoms with Gasteiger partial charge in [-0.2, -0.15) is 0 Å². The first-order valence-corrected chi connectivity index (χ1v) is 6.89. The number of esters is 1. The Morgan fingerprint density at radius 1 is 1.47 bits per heavy atom. The zero-order chi connectivity index (χ0) is 13.8. The fourth-order valence-corrected chi connectivity index (χ4v) is 2.76. The first-order chi connectivity index (χ1) is 9.13. The summed E-state index contributed by atoms with van der Waals surface area (Å²) in [5.41, 5.74) is 1.32. The molecule has 0 aliphatic heterocycles. The Hall–Kier alpha value is -1.42. The van der Waals surface area contributed by atoms with Gasteiger partial charge in [0.05, 0.1) is 18.4 Å². The van der Waals surface area contributed by atoms with Crippen LogP contribution in [0.15, 0.2) is 18.3 Å². The predicted molar refractivity (Wildman–Crippen MR) is 73.8 cm³/mol. The summed E-state index contributed by atoms with van der Waals surface area (Å²) in [5.74, 6) is 1.12. The van der Waals surface area contributed by atoms with Crippen molar-refractivity contribution in [1.82, 2.24) is 10.3 Å². The summed E-state index contributed by atoms with van der Waals surface area (Å²) in [6, 6.07) is 4.04. The van der Waals surface area contributed by atoms with E-state index >= 15 is 0 Å². The lowest BCUT2D eigenvalue weighted by molar-refractivity contribution is 0.0598. The lowest BCUT2D eigenvalue weighted by Crippen LogP contribution is -2.32. The van der Waals surface area contributed by atoms with Crippen molar-refractivity contribution >= 4 is 5.97 Å². The average Bonchev–Trinajstić information content (AvgIpc) is 2.76. The topological polar surface area (TPSA) is 51.2 Å². The van der Waals surface area contributed by atoms with E-state index in [2.05, 4.69) is 24.1 Å². The molecular formula is C15H22N2O2. The van der Waals surface area contributed by atoms with E-state index in [1.807, 2.05) is 0 Å². The van der Waals surface area contributed by atoms with Crippen LogP contribution in [0.2, 0.25) is 0 Å². The van der Waals surface area contributed by atoms with Crippen LogP contribution in [0.4, 0.5) is 0 Å². The van der Waals surface area contributed by atoms with Crippen molar-refractivity contribution in [1.29, 1.82) is 0 Å². The number of hydrogen-bond donors (Lipinski definition) is 1. The molecule has 0 spiro atoms. The molecule has 1 saturated carbocycles. The zero-order valence-corrected chi connectivity index (χ0v) is 11.8. The van der Waals surface area contributed by atoms with Crippen LogP contribution in [0, 0.1) is 11.8 Å². The van der Waals surface area contributed by atoms with Gasteiger partial charge in [0.2, 0.25) is 0 Å². The number of hydrogen-bond acceptors (Lipinski definition) is 4. The van der Waals surface area contributed by atoms with Gasteiger partial charge in [-0.3, -0.25) is 4.98 Å². The molecule has 1 fully saturated rings. The summed E-state index contributed by atoms with van der Waals surface area (Å²) in [7, 11) is 1.40. The van der Waals surface area contributed by atoms with Gasteiger partial charge in [0.25, 0.3) is 0 Å². The Morgan fingerprint density at radius 3 is 2.89 bits per heavy atom. The van der Waals surface area contributed by atoms with Crippen molar-refractivity contribution < 1.29 is 9.53 Å². The maximum atomic E-state index is 11.7. The molecule has 4 heteroatoms. The van der Waals surface area contributed by atoms with Crippen molar-refractivity contribution in [3.8, 4) is 0 Å². The van der Waals surface area contributed by atoms with Crippen molar-refractivity contribution in [2.24, 2.45) is 11.8 Å². The largest absolute Gasteiger partial charge is 0.465 e. The van der Waals surface area contributed by atoms with Crippen molar-refractivity contribution in [3.05, 3.63) is 29.6 Å². The third kappa shape index (κ3) is 3.13. The molecule has 1 aliphatic carbocycles. The van der Waals surface area contributed by atoms with Gasteiger partial charge in [0, 0.05) is 18.8 Å². The summed E-state index contributed by atoms with van der Waals surface area (Å²) in [6.45, 7) is 5.20. The SMILES string of the molecule is COC(=O)c1cccnc1CNC1CCC(C)C1C. The van der Waals surface area contributed by atoms with Gasteiger partial charge >= 0.3 is 5.97 Å². The molecule has 1 aliphatic rings. The van der Waals surface area contributed by atoms with Crippen LogP contribution in [-0.4, -0.2) is 24.1 Å². The first kappa shape index (κ1) is 14.0. The van der Waals surface area contributed by atoms with E-state index in [-0.39, 0.29) is 5.97 Å². The molecule has 4 nitrogen and oxygen atoms in total. The van der Waals surface area contributed by atoms with E-state index < -0.39 is 0 Å². The van der Waals surface area contributed by atoms with E-state index in [1.165, 1.54) is 20.0 Å². The van der Waals surface area contributed by atoms with Gasteiger partial charge in [-0.05, 0) is 36.8 Å². The maximum Gasteiger partial charge on any atom is 0.339 e. The number of methoxy groups -OCH3 is 1. The molecule has 0 amide bonds. The van der Waals surface area contributed by atoms with Crippen LogP contribution in [0.25, 0.3) is 0 Å². The normalized spacial score (nSPS) is 26.4. The molecule has 1 N–H and O–H groups in total. The van der Waals surface area contributed by atoms with Gasteiger partial charge in [-0.15, -0.1) is 0 Å². The van der Waals surface area contributed by atoms with Crippen molar-refractivity contribution in [3.63, 3.8) is 0 Å². The van der Waals surface area contributed by atoms with Crippen LogP contribution in [0.1, 0.15) is 42.7 Å². The molecule has 0 radical (unpaired) electrons. The molecule has 3 atom stereocenters. The molecule has 19 heavy (non-hydrogen) atoms. The number of rotatable bonds is 4. The zero-order valence-electron chi connectivity index (χ0n) is 11.8. The maximum absolute atomic E-state index is 11.7. The third-order valence-electron chi connectivity index (χ3n) is 4.29. The number of aromatic nitrogens is 1. The minimum Gasteiger partial charge on any atom is -0.465 e. The van der Waals surface area contributed by atoms with E-state index in [0.717, 1.165) is 11.6 Å².